The molecule has 6 nitrogen and oxygen atoms in total. The van der Waals surface area contributed by atoms with Gasteiger partial charge in [0.2, 0.25) is 5.91 Å². The van der Waals surface area contributed by atoms with Gasteiger partial charge in [0.25, 0.3) is 5.91 Å². The number of benzene rings is 1. The van der Waals surface area contributed by atoms with Crippen LogP contribution in [-0.2, 0) is 9.53 Å². The van der Waals surface area contributed by atoms with Gasteiger partial charge in [-0.1, -0.05) is 12.1 Å². The monoisotopic (exact) mass is 368 g/mol. The molecule has 1 aromatic rings. The summed E-state index contributed by atoms with van der Waals surface area (Å²) in [6.07, 6.45) is 1.55. The molecule has 3 aliphatic heterocycles. The normalized spacial score (nSPS) is 22.7. The van der Waals surface area contributed by atoms with Gasteiger partial charge in [0.1, 0.15) is 5.75 Å². The molecule has 4 rings (SSSR count). The number of para-hydroxylation sites is 1. The van der Waals surface area contributed by atoms with Crippen molar-refractivity contribution in [3.05, 3.63) is 29.8 Å². The van der Waals surface area contributed by atoms with Crippen LogP contribution in [0.3, 0.4) is 0 Å². The fourth-order valence-electron chi connectivity index (χ4n) is 3.70. The summed E-state index contributed by atoms with van der Waals surface area (Å²) >= 11 is 0. The van der Waals surface area contributed by atoms with Crippen LogP contribution in [0.15, 0.2) is 24.3 Å². The van der Waals surface area contributed by atoms with E-state index in [2.05, 4.69) is 4.74 Å². The van der Waals surface area contributed by atoms with Crippen LogP contribution in [0, 0.1) is 5.92 Å². The SMILES string of the molecule is COCCN1C(=O)[C@H]2CC[C@@H]1CN(C(=O)c1ccccc1OC(F)F)C2. The number of hydrogen-bond donors (Lipinski definition) is 0. The molecule has 3 heterocycles. The largest absolute Gasteiger partial charge is 0.434 e. The minimum Gasteiger partial charge on any atom is -0.434 e. The van der Waals surface area contributed by atoms with Gasteiger partial charge in [0.05, 0.1) is 18.1 Å². The molecule has 0 aliphatic carbocycles. The quantitative estimate of drug-likeness (QED) is 0.771. The van der Waals surface area contributed by atoms with Gasteiger partial charge in [0.15, 0.2) is 0 Å². The molecule has 3 saturated heterocycles. The molecule has 0 radical (unpaired) electrons. The summed E-state index contributed by atoms with van der Waals surface area (Å²) in [7, 11) is 1.58. The molecule has 142 valence electrons. The van der Waals surface area contributed by atoms with Crippen molar-refractivity contribution in [2.45, 2.75) is 25.5 Å². The Balaban J connectivity index is 1.81. The van der Waals surface area contributed by atoms with Crippen molar-refractivity contribution in [1.82, 2.24) is 9.80 Å². The average Bonchev–Trinajstić information content (AvgIpc) is 2.91. The van der Waals surface area contributed by atoms with Crippen LogP contribution in [0.25, 0.3) is 0 Å². The molecule has 3 fully saturated rings. The van der Waals surface area contributed by atoms with Gasteiger partial charge in [-0.2, -0.15) is 8.78 Å². The van der Waals surface area contributed by atoms with Gasteiger partial charge >= 0.3 is 6.61 Å². The number of fused-ring (bicyclic) bond motifs is 4. The maximum Gasteiger partial charge on any atom is 0.387 e. The van der Waals surface area contributed by atoms with Crippen molar-refractivity contribution >= 4 is 11.8 Å². The van der Waals surface area contributed by atoms with Crippen molar-refractivity contribution in [2.24, 2.45) is 5.92 Å². The van der Waals surface area contributed by atoms with Crippen LogP contribution in [0.5, 0.6) is 5.75 Å². The molecule has 26 heavy (non-hydrogen) atoms. The van der Waals surface area contributed by atoms with Gasteiger partial charge in [-0.05, 0) is 25.0 Å². The van der Waals surface area contributed by atoms with Gasteiger partial charge < -0.3 is 19.3 Å². The van der Waals surface area contributed by atoms with Crippen LogP contribution in [0.2, 0.25) is 0 Å². The minimum atomic E-state index is -3.00. The lowest BCUT2D eigenvalue weighted by Gasteiger charge is -2.35. The van der Waals surface area contributed by atoms with E-state index in [1.54, 1.807) is 23.0 Å². The summed E-state index contributed by atoms with van der Waals surface area (Å²) in [4.78, 5) is 29.0. The van der Waals surface area contributed by atoms with E-state index in [0.717, 1.165) is 12.8 Å². The van der Waals surface area contributed by atoms with Crippen LogP contribution in [0.4, 0.5) is 8.78 Å². The lowest BCUT2D eigenvalue weighted by molar-refractivity contribution is -0.140. The van der Waals surface area contributed by atoms with Crippen molar-refractivity contribution in [2.75, 3.05) is 33.4 Å². The highest BCUT2D eigenvalue weighted by atomic mass is 19.3. The third kappa shape index (κ3) is 3.80. The van der Waals surface area contributed by atoms with E-state index in [1.807, 2.05) is 0 Å². The highest BCUT2D eigenvalue weighted by Gasteiger charge is 2.42. The maximum atomic E-state index is 12.9. The maximum absolute atomic E-state index is 12.9. The summed E-state index contributed by atoms with van der Waals surface area (Å²) in [5, 5.41) is 0. The van der Waals surface area contributed by atoms with E-state index in [1.165, 1.54) is 18.2 Å². The minimum absolute atomic E-state index is 0.0331. The Kier molecular flexibility index (Phi) is 5.70. The number of nitrogens with zero attached hydrogens (tertiary/aromatic N) is 2. The molecule has 2 amide bonds. The van der Waals surface area contributed by atoms with Crippen molar-refractivity contribution in [1.29, 1.82) is 0 Å². The molecule has 3 aliphatic rings. The summed E-state index contributed by atoms with van der Waals surface area (Å²) in [5.74, 6) is -0.769. The Bertz CT molecular complexity index is 670. The zero-order chi connectivity index (χ0) is 18.7. The summed E-state index contributed by atoms with van der Waals surface area (Å²) in [5.41, 5.74) is 0.0880. The second kappa shape index (κ2) is 7.99. The first-order valence-corrected chi connectivity index (χ1v) is 8.63. The van der Waals surface area contributed by atoms with Crippen LogP contribution in [0.1, 0.15) is 23.2 Å². The van der Waals surface area contributed by atoms with Crippen LogP contribution in [-0.4, -0.2) is 67.6 Å². The number of ether oxygens (including phenoxy) is 2. The highest BCUT2D eigenvalue weighted by molar-refractivity contribution is 5.97. The predicted octanol–water partition coefficient (Wildman–Crippen LogP) is 2.00. The van der Waals surface area contributed by atoms with Crippen molar-refractivity contribution < 1.29 is 27.8 Å². The Morgan fingerprint density at radius 1 is 1.27 bits per heavy atom. The van der Waals surface area contributed by atoms with Gasteiger partial charge in [-0.15, -0.1) is 0 Å². The number of methoxy groups -OCH3 is 1. The second-order valence-corrected chi connectivity index (χ2v) is 6.54. The zero-order valence-corrected chi connectivity index (χ0v) is 14.6. The van der Waals surface area contributed by atoms with E-state index in [-0.39, 0.29) is 35.1 Å². The molecule has 2 bridgehead atoms. The van der Waals surface area contributed by atoms with E-state index in [4.69, 9.17) is 4.74 Å². The van der Waals surface area contributed by atoms with Gasteiger partial charge in [-0.25, -0.2) is 0 Å². The fraction of sp³-hybridized carbons (Fsp3) is 0.556. The number of carbonyl (C=O) groups excluding carboxylic acids is 2. The Labute approximate surface area is 150 Å². The third-order valence-corrected chi connectivity index (χ3v) is 4.95. The number of piperidine rings is 1. The molecule has 0 aromatic heterocycles. The van der Waals surface area contributed by atoms with Crippen LogP contribution >= 0.6 is 0 Å². The first-order valence-electron chi connectivity index (χ1n) is 8.63. The topological polar surface area (TPSA) is 59.1 Å². The number of alkyl halides is 2. The molecule has 0 unspecified atom stereocenters. The van der Waals surface area contributed by atoms with E-state index < -0.39 is 6.61 Å². The lowest BCUT2D eigenvalue weighted by Crippen LogP contribution is -2.49. The average molecular weight is 368 g/mol. The van der Waals surface area contributed by atoms with E-state index in [0.29, 0.717) is 26.2 Å². The number of amides is 2. The van der Waals surface area contributed by atoms with Crippen LogP contribution < -0.4 is 4.74 Å². The highest BCUT2D eigenvalue weighted by Crippen LogP contribution is 2.31. The molecule has 0 spiro atoms. The summed E-state index contributed by atoms with van der Waals surface area (Å²) in [6.45, 7) is -1.40. The third-order valence-electron chi connectivity index (χ3n) is 4.95. The molecule has 0 N–H and O–H groups in total. The Morgan fingerprint density at radius 3 is 2.77 bits per heavy atom. The first-order chi connectivity index (χ1) is 12.5. The molecule has 8 heteroatoms. The molecular formula is C18H22F2N2O4. The fourth-order valence-corrected chi connectivity index (χ4v) is 3.70. The lowest BCUT2D eigenvalue weighted by atomic mass is 9.94. The van der Waals surface area contributed by atoms with Gasteiger partial charge in [0, 0.05) is 32.8 Å². The molecular weight excluding hydrogens is 346 g/mol. The molecule has 0 saturated carbocycles. The summed E-state index contributed by atoms with van der Waals surface area (Å²) in [6, 6.07) is 5.88. The number of rotatable bonds is 6. The summed E-state index contributed by atoms with van der Waals surface area (Å²) < 4.78 is 34.8. The smallest absolute Gasteiger partial charge is 0.387 e. The zero-order valence-electron chi connectivity index (χ0n) is 14.6. The van der Waals surface area contributed by atoms with Gasteiger partial charge in [-0.3, -0.25) is 9.59 Å². The first kappa shape index (κ1) is 18.6. The Hall–Kier alpha value is -2.22. The second-order valence-electron chi connectivity index (χ2n) is 6.54. The van der Waals surface area contributed by atoms with Crippen molar-refractivity contribution in [3.63, 3.8) is 0 Å². The molecule has 2 atom stereocenters. The van der Waals surface area contributed by atoms with E-state index >= 15 is 0 Å². The van der Waals surface area contributed by atoms with E-state index in [9.17, 15) is 18.4 Å². The predicted molar refractivity (Wildman–Crippen MR) is 89.1 cm³/mol. The molecule has 1 aromatic carbocycles. The number of halogens is 2. The Morgan fingerprint density at radius 2 is 2.04 bits per heavy atom. The standard InChI is InChI=1S/C18H22F2N2O4/c1-25-9-8-22-13-7-6-12(16(22)23)10-21(11-13)17(24)14-4-2-3-5-15(14)26-18(19)20/h2-5,12-13,18H,6-11H2,1H3/t12-,13+/m0/s1. The van der Waals surface area contributed by atoms with Crippen molar-refractivity contribution in [3.8, 4) is 5.75 Å². The number of carbonyl (C=O) groups is 2. The number of hydrogen-bond acceptors (Lipinski definition) is 4.